The fourth-order valence-electron chi connectivity index (χ4n) is 2.98. The lowest BCUT2D eigenvalue weighted by atomic mass is 10.1. The summed E-state index contributed by atoms with van der Waals surface area (Å²) >= 11 is 6.30. The van der Waals surface area contributed by atoms with Crippen molar-refractivity contribution in [3.05, 3.63) is 23.2 Å². The first-order valence-corrected chi connectivity index (χ1v) is 11.3. The summed E-state index contributed by atoms with van der Waals surface area (Å²) in [4.78, 5) is 12.2. The number of halogens is 1. The molecule has 0 unspecified atom stereocenters. The van der Waals surface area contributed by atoms with Gasteiger partial charge in [0.15, 0.2) is 11.5 Å². The predicted molar refractivity (Wildman–Crippen MR) is 121 cm³/mol. The van der Waals surface area contributed by atoms with Gasteiger partial charge >= 0.3 is 5.97 Å². The Bertz CT molecular complexity index is 834. The molecule has 0 heterocycles. The van der Waals surface area contributed by atoms with Crippen molar-refractivity contribution in [1.82, 2.24) is 0 Å². The average molecular weight is 437 g/mol. The van der Waals surface area contributed by atoms with Crippen LogP contribution in [0.4, 0.5) is 0 Å². The summed E-state index contributed by atoms with van der Waals surface area (Å²) in [5.74, 6) is 1.47. The molecule has 0 amide bonds. The van der Waals surface area contributed by atoms with Crippen LogP contribution < -0.4 is 18.9 Å². The molecule has 0 aromatic heterocycles. The second-order valence-corrected chi connectivity index (χ2v) is 7.52. The van der Waals surface area contributed by atoms with Crippen molar-refractivity contribution in [3.63, 3.8) is 0 Å². The van der Waals surface area contributed by atoms with E-state index >= 15 is 0 Å². The summed E-state index contributed by atoms with van der Waals surface area (Å²) < 4.78 is 24.1. The number of benzene rings is 2. The number of carbonyl (C=O) groups is 1. The Morgan fingerprint density at radius 2 is 1.40 bits per heavy atom. The summed E-state index contributed by atoms with van der Waals surface area (Å²) in [5.41, 5.74) is 0. The fraction of sp³-hybridized carbons (Fsp3) is 0.542. The summed E-state index contributed by atoms with van der Waals surface area (Å²) in [6.45, 7) is 9.47. The highest BCUT2D eigenvalue weighted by molar-refractivity contribution is 6.31. The molecule has 5 nitrogen and oxygen atoms in total. The van der Waals surface area contributed by atoms with E-state index in [0.29, 0.717) is 53.2 Å². The van der Waals surface area contributed by atoms with Gasteiger partial charge in [-0.15, -0.1) is 0 Å². The van der Waals surface area contributed by atoms with Gasteiger partial charge in [-0.2, -0.15) is 0 Å². The van der Waals surface area contributed by atoms with E-state index in [0.717, 1.165) is 37.5 Å². The quantitative estimate of drug-likeness (QED) is 0.193. The number of carbonyl (C=O) groups excluding carboxylic acids is 1. The second kappa shape index (κ2) is 12.5. The molecule has 0 N–H and O–H groups in total. The number of fused-ring (bicyclic) bond motifs is 1. The smallest absolute Gasteiger partial charge is 0.311 e. The molecule has 2 aromatic carbocycles. The van der Waals surface area contributed by atoms with Crippen LogP contribution in [0.5, 0.6) is 23.0 Å². The fourth-order valence-corrected chi connectivity index (χ4v) is 3.15. The average Bonchev–Trinajstić information content (AvgIpc) is 2.75. The molecule has 166 valence electrons. The zero-order valence-electron chi connectivity index (χ0n) is 18.5. The molecular formula is C24H33ClO5. The van der Waals surface area contributed by atoms with Crippen molar-refractivity contribution >= 4 is 28.3 Å². The third kappa shape index (κ3) is 6.18. The zero-order chi connectivity index (χ0) is 21.9. The Morgan fingerprint density at radius 1 is 0.767 bits per heavy atom. The minimum atomic E-state index is -0.342. The van der Waals surface area contributed by atoms with Crippen molar-refractivity contribution in [1.29, 1.82) is 0 Å². The SMILES string of the molecule is CCCCCOc1c(OCCC)c(OCCC)c(OC(=O)CC)c2ccc(Cl)cc12. The molecule has 6 heteroatoms. The van der Waals surface area contributed by atoms with E-state index in [-0.39, 0.29) is 12.4 Å². The lowest BCUT2D eigenvalue weighted by molar-refractivity contribution is -0.134. The Balaban J connectivity index is 2.72. The van der Waals surface area contributed by atoms with E-state index in [4.69, 9.17) is 30.5 Å². The van der Waals surface area contributed by atoms with Crippen LogP contribution in [0.1, 0.15) is 66.2 Å². The second-order valence-electron chi connectivity index (χ2n) is 7.09. The summed E-state index contributed by atoms with van der Waals surface area (Å²) in [6.07, 6.45) is 4.99. The van der Waals surface area contributed by atoms with Crippen LogP contribution in [0.3, 0.4) is 0 Å². The van der Waals surface area contributed by atoms with Gasteiger partial charge in [-0.05, 0) is 37.5 Å². The van der Waals surface area contributed by atoms with Crippen molar-refractivity contribution < 1.29 is 23.7 Å². The molecule has 0 atom stereocenters. The van der Waals surface area contributed by atoms with E-state index in [1.54, 1.807) is 13.0 Å². The van der Waals surface area contributed by atoms with Crippen molar-refractivity contribution in [3.8, 4) is 23.0 Å². The first kappa shape index (κ1) is 24.1. The van der Waals surface area contributed by atoms with Gasteiger partial charge in [0.1, 0.15) is 0 Å². The number of rotatable bonds is 13. The van der Waals surface area contributed by atoms with E-state index in [1.807, 2.05) is 26.0 Å². The normalized spacial score (nSPS) is 10.8. The molecule has 0 spiro atoms. The molecule has 2 aromatic rings. The summed E-state index contributed by atoms with van der Waals surface area (Å²) in [7, 11) is 0. The van der Waals surface area contributed by atoms with E-state index < -0.39 is 0 Å². The molecular weight excluding hydrogens is 404 g/mol. The minimum absolute atomic E-state index is 0.253. The number of ether oxygens (including phenoxy) is 4. The molecule has 0 bridgehead atoms. The van der Waals surface area contributed by atoms with Crippen LogP contribution in [0.25, 0.3) is 10.8 Å². The number of hydrogen-bond donors (Lipinski definition) is 0. The first-order chi connectivity index (χ1) is 14.6. The van der Waals surface area contributed by atoms with E-state index in [2.05, 4.69) is 6.92 Å². The molecule has 2 rings (SSSR count). The summed E-state index contributed by atoms with van der Waals surface area (Å²) in [5, 5.41) is 2.02. The standard InChI is InChI=1S/C24H33ClO5/c1-5-9-10-15-29-21-19-16-17(25)11-12-18(19)22(30-20(26)8-4)24(28-14-7-3)23(21)27-13-6-2/h11-12,16H,5-10,13-15H2,1-4H3. The summed E-state index contributed by atoms with van der Waals surface area (Å²) in [6, 6.07) is 5.42. The van der Waals surface area contributed by atoms with Crippen molar-refractivity contribution in [2.45, 2.75) is 66.2 Å². The molecule has 0 saturated heterocycles. The van der Waals surface area contributed by atoms with Crippen LogP contribution in [-0.4, -0.2) is 25.8 Å². The van der Waals surface area contributed by atoms with E-state index in [9.17, 15) is 4.79 Å². The number of unbranched alkanes of at least 4 members (excludes halogenated alkanes) is 2. The molecule has 0 aliphatic rings. The van der Waals surface area contributed by atoms with Gasteiger partial charge < -0.3 is 18.9 Å². The molecule has 0 fully saturated rings. The van der Waals surface area contributed by atoms with Crippen LogP contribution in [0.2, 0.25) is 5.02 Å². The maximum Gasteiger partial charge on any atom is 0.311 e. The lowest BCUT2D eigenvalue weighted by Gasteiger charge is -2.22. The maximum absolute atomic E-state index is 12.2. The third-order valence-corrected chi connectivity index (χ3v) is 4.72. The van der Waals surface area contributed by atoms with Crippen molar-refractivity contribution in [2.75, 3.05) is 19.8 Å². The van der Waals surface area contributed by atoms with E-state index in [1.165, 1.54) is 0 Å². The van der Waals surface area contributed by atoms with Gasteiger partial charge in [-0.3, -0.25) is 4.79 Å². The zero-order valence-corrected chi connectivity index (χ0v) is 19.3. The highest BCUT2D eigenvalue weighted by Gasteiger charge is 2.26. The lowest BCUT2D eigenvalue weighted by Crippen LogP contribution is -2.11. The van der Waals surface area contributed by atoms with Crippen LogP contribution in [-0.2, 0) is 4.79 Å². The highest BCUT2D eigenvalue weighted by Crippen LogP contribution is 2.52. The van der Waals surface area contributed by atoms with Gasteiger partial charge in [0.25, 0.3) is 0 Å². The molecule has 0 radical (unpaired) electrons. The van der Waals surface area contributed by atoms with Gasteiger partial charge in [0, 0.05) is 22.2 Å². The Labute approximate surface area is 184 Å². The number of hydrogen-bond acceptors (Lipinski definition) is 5. The molecule has 0 aliphatic heterocycles. The predicted octanol–water partition coefficient (Wildman–Crippen LogP) is 6.96. The van der Waals surface area contributed by atoms with Crippen LogP contribution in [0.15, 0.2) is 18.2 Å². The molecule has 0 aliphatic carbocycles. The van der Waals surface area contributed by atoms with Gasteiger partial charge in [0.05, 0.1) is 19.8 Å². The largest absolute Gasteiger partial charge is 0.489 e. The van der Waals surface area contributed by atoms with Crippen LogP contribution >= 0.6 is 11.6 Å². The molecule has 30 heavy (non-hydrogen) atoms. The molecule has 0 saturated carbocycles. The monoisotopic (exact) mass is 436 g/mol. The highest BCUT2D eigenvalue weighted by atomic mass is 35.5. The minimum Gasteiger partial charge on any atom is -0.489 e. The van der Waals surface area contributed by atoms with Gasteiger partial charge in [-0.25, -0.2) is 0 Å². The number of esters is 1. The Kier molecular flexibility index (Phi) is 10.1. The van der Waals surface area contributed by atoms with Crippen LogP contribution in [0, 0.1) is 0 Å². The van der Waals surface area contributed by atoms with Gasteiger partial charge in [0.2, 0.25) is 11.5 Å². The van der Waals surface area contributed by atoms with Crippen molar-refractivity contribution in [2.24, 2.45) is 0 Å². The maximum atomic E-state index is 12.2. The topological polar surface area (TPSA) is 54.0 Å². The third-order valence-electron chi connectivity index (χ3n) is 4.49. The Hall–Kier alpha value is -2.14. The van der Waals surface area contributed by atoms with Gasteiger partial charge in [-0.1, -0.05) is 52.1 Å². The first-order valence-electron chi connectivity index (χ1n) is 10.9. The Morgan fingerprint density at radius 3 is 2.00 bits per heavy atom.